The number of carbonyl (C=O) groups is 1. The third-order valence-corrected chi connectivity index (χ3v) is 4.39. The highest BCUT2D eigenvalue weighted by Gasteiger charge is 2.21. The number of carbonyl (C=O) groups excluding carboxylic acids is 1. The Hall–Kier alpha value is -0.430. The van der Waals surface area contributed by atoms with Crippen LogP contribution < -0.4 is 5.32 Å². The number of thiophene rings is 1. The van der Waals surface area contributed by atoms with Gasteiger partial charge in [0.2, 0.25) is 5.91 Å². The summed E-state index contributed by atoms with van der Waals surface area (Å²) in [4.78, 5) is 14.8. The molecule has 1 atom stereocenters. The molecule has 1 fully saturated rings. The fraction of sp³-hybridized carbons (Fsp3) is 0.545. The summed E-state index contributed by atoms with van der Waals surface area (Å²) in [6, 6.07) is 2.00. The highest BCUT2D eigenvalue weighted by molar-refractivity contribution is 9.10. The topological polar surface area (TPSA) is 52.6 Å². The standard InChI is InChI=1S/C11H15BrN2O2S/c12-8-3-10(17-7-8)4-13-11(16)6-14-2-1-9(15)5-14/h3,7,9,15H,1-2,4-6H2,(H,13,16)/t9-/m0/s1. The van der Waals surface area contributed by atoms with Crippen LogP contribution in [0.3, 0.4) is 0 Å². The summed E-state index contributed by atoms with van der Waals surface area (Å²) in [6.07, 6.45) is 0.501. The number of halogens is 1. The van der Waals surface area contributed by atoms with Crippen LogP contribution in [0.4, 0.5) is 0 Å². The first-order chi connectivity index (χ1) is 8.13. The van der Waals surface area contributed by atoms with Gasteiger partial charge in [0.15, 0.2) is 0 Å². The lowest BCUT2D eigenvalue weighted by molar-refractivity contribution is -0.122. The van der Waals surface area contributed by atoms with Crippen LogP contribution in [-0.2, 0) is 11.3 Å². The molecular weight excluding hydrogens is 304 g/mol. The largest absolute Gasteiger partial charge is 0.392 e. The third-order valence-electron chi connectivity index (χ3n) is 2.70. The zero-order chi connectivity index (χ0) is 12.3. The predicted molar refractivity (Wildman–Crippen MR) is 70.9 cm³/mol. The van der Waals surface area contributed by atoms with E-state index in [2.05, 4.69) is 21.2 Å². The van der Waals surface area contributed by atoms with E-state index in [-0.39, 0.29) is 12.0 Å². The van der Waals surface area contributed by atoms with E-state index in [4.69, 9.17) is 0 Å². The molecule has 1 aliphatic heterocycles. The van der Waals surface area contributed by atoms with Crippen LogP contribution >= 0.6 is 27.3 Å². The smallest absolute Gasteiger partial charge is 0.234 e. The van der Waals surface area contributed by atoms with Crippen LogP contribution in [0.15, 0.2) is 15.9 Å². The normalized spacial score (nSPS) is 20.7. The zero-order valence-electron chi connectivity index (χ0n) is 9.36. The van der Waals surface area contributed by atoms with Crippen molar-refractivity contribution in [3.8, 4) is 0 Å². The molecule has 0 saturated carbocycles. The quantitative estimate of drug-likeness (QED) is 0.877. The molecule has 0 bridgehead atoms. The van der Waals surface area contributed by atoms with Crippen LogP contribution in [-0.4, -0.2) is 41.7 Å². The molecule has 2 rings (SSSR count). The maximum Gasteiger partial charge on any atom is 0.234 e. The Morgan fingerprint density at radius 3 is 3.12 bits per heavy atom. The van der Waals surface area contributed by atoms with E-state index < -0.39 is 0 Å². The van der Waals surface area contributed by atoms with Crippen molar-refractivity contribution in [1.29, 1.82) is 0 Å². The highest BCUT2D eigenvalue weighted by atomic mass is 79.9. The van der Waals surface area contributed by atoms with Gasteiger partial charge in [-0.3, -0.25) is 9.69 Å². The highest BCUT2D eigenvalue weighted by Crippen LogP contribution is 2.19. The Kier molecular flexibility index (Phi) is 4.55. The molecule has 0 aromatic carbocycles. The summed E-state index contributed by atoms with van der Waals surface area (Å²) >= 11 is 5.00. The molecule has 1 aromatic rings. The second-order valence-corrected chi connectivity index (χ2v) is 6.10. The lowest BCUT2D eigenvalue weighted by Gasteiger charge is -2.13. The molecule has 6 heteroatoms. The van der Waals surface area contributed by atoms with Gasteiger partial charge in [0.25, 0.3) is 0 Å². The van der Waals surface area contributed by atoms with E-state index in [0.717, 1.165) is 22.3 Å². The van der Waals surface area contributed by atoms with Crippen LogP contribution in [0.5, 0.6) is 0 Å². The van der Waals surface area contributed by atoms with E-state index in [1.807, 2.05) is 16.3 Å². The molecule has 4 nitrogen and oxygen atoms in total. The van der Waals surface area contributed by atoms with Crippen LogP contribution in [0.2, 0.25) is 0 Å². The van der Waals surface area contributed by atoms with Crippen molar-refractivity contribution in [1.82, 2.24) is 10.2 Å². The summed E-state index contributed by atoms with van der Waals surface area (Å²) in [6.45, 7) is 2.37. The van der Waals surface area contributed by atoms with Crippen LogP contribution in [0, 0.1) is 0 Å². The van der Waals surface area contributed by atoms with E-state index in [1.165, 1.54) is 0 Å². The minimum Gasteiger partial charge on any atom is -0.392 e. The first-order valence-electron chi connectivity index (χ1n) is 5.53. The van der Waals surface area contributed by atoms with Crippen molar-refractivity contribution in [2.75, 3.05) is 19.6 Å². The number of hydrogen-bond acceptors (Lipinski definition) is 4. The average Bonchev–Trinajstić information content (AvgIpc) is 2.85. The number of rotatable bonds is 4. The van der Waals surface area contributed by atoms with Gasteiger partial charge >= 0.3 is 0 Å². The minimum atomic E-state index is -0.268. The molecule has 0 aliphatic carbocycles. The summed E-state index contributed by atoms with van der Waals surface area (Å²) in [7, 11) is 0. The number of amides is 1. The van der Waals surface area contributed by atoms with Crippen molar-refractivity contribution < 1.29 is 9.90 Å². The molecule has 1 aliphatic rings. The number of nitrogens with one attached hydrogen (secondary N) is 1. The van der Waals surface area contributed by atoms with E-state index in [1.54, 1.807) is 11.3 Å². The van der Waals surface area contributed by atoms with Crippen molar-refractivity contribution in [3.63, 3.8) is 0 Å². The molecule has 1 aromatic heterocycles. The maximum absolute atomic E-state index is 11.6. The minimum absolute atomic E-state index is 0.0172. The fourth-order valence-electron chi connectivity index (χ4n) is 1.85. The van der Waals surface area contributed by atoms with Gasteiger partial charge in [-0.2, -0.15) is 0 Å². The molecule has 17 heavy (non-hydrogen) atoms. The molecule has 2 heterocycles. The first kappa shape index (κ1) is 13.0. The summed E-state index contributed by atoms with van der Waals surface area (Å²) < 4.78 is 1.05. The molecule has 94 valence electrons. The van der Waals surface area contributed by atoms with Gasteiger partial charge in [-0.05, 0) is 28.4 Å². The summed E-state index contributed by atoms with van der Waals surface area (Å²) in [5.41, 5.74) is 0. The van der Waals surface area contributed by atoms with Crippen molar-refractivity contribution >= 4 is 33.2 Å². The molecule has 1 saturated heterocycles. The average molecular weight is 319 g/mol. The summed E-state index contributed by atoms with van der Waals surface area (Å²) in [5, 5.41) is 14.2. The van der Waals surface area contributed by atoms with Gasteiger partial charge in [0.05, 0.1) is 19.2 Å². The second-order valence-electron chi connectivity index (χ2n) is 4.19. The van der Waals surface area contributed by atoms with Gasteiger partial charge in [-0.1, -0.05) is 0 Å². The second kappa shape index (κ2) is 5.95. The van der Waals surface area contributed by atoms with Crippen molar-refractivity contribution in [2.24, 2.45) is 0 Å². The zero-order valence-corrected chi connectivity index (χ0v) is 11.8. The fourth-order valence-corrected chi connectivity index (χ4v) is 3.24. The Labute approximate surface area is 113 Å². The Morgan fingerprint density at radius 1 is 1.71 bits per heavy atom. The molecular formula is C11H15BrN2O2S. The predicted octanol–water partition coefficient (Wildman–Crippen LogP) is 1.19. The Balaban J connectivity index is 1.71. The van der Waals surface area contributed by atoms with Gasteiger partial charge < -0.3 is 10.4 Å². The SMILES string of the molecule is O=C(CN1CC[C@H](O)C1)NCc1cc(Br)cs1. The lowest BCUT2D eigenvalue weighted by Crippen LogP contribution is -2.36. The van der Waals surface area contributed by atoms with Gasteiger partial charge in [-0.25, -0.2) is 0 Å². The Morgan fingerprint density at radius 2 is 2.53 bits per heavy atom. The number of hydrogen-bond donors (Lipinski definition) is 2. The van der Waals surface area contributed by atoms with E-state index in [9.17, 15) is 9.90 Å². The summed E-state index contributed by atoms with van der Waals surface area (Å²) in [5.74, 6) is 0.0172. The lowest BCUT2D eigenvalue weighted by atomic mass is 10.3. The van der Waals surface area contributed by atoms with Crippen molar-refractivity contribution in [2.45, 2.75) is 19.1 Å². The molecule has 0 radical (unpaired) electrons. The van der Waals surface area contributed by atoms with Gasteiger partial charge in [0.1, 0.15) is 0 Å². The van der Waals surface area contributed by atoms with E-state index in [0.29, 0.717) is 19.6 Å². The van der Waals surface area contributed by atoms with Crippen LogP contribution in [0.25, 0.3) is 0 Å². The number of aliphatic hydroxyl groups excluding tert-OH is 1. The maximum atomic E-state index is 11.6. The molecule has 1 amide bonds. The first-order valence-corrected chi connectivity index (χ1v) is 7.21. The van der Waals surface area contributed by atoms with Crippen molar-refractivity contribution in [3.05, 3.63) is 20.8 Å². The van der Waals surface area contributed by atoms with Gasteiger partial charge in [-0.15, -0.1) is 11.3 Å². The number of nitrogens with zero attached hydrogens (tertiary/aromatic N) is 1. The van der Waals surface area contributed by atoms with E-state index >= 15 is 0 Å². The van der Waals surface area contributed by atoms with Crippen LogP contribution in [0.1, 0.15) is 11.3 Å². The molecule has 0 unspecified atom stereocenters. The molecule has 0 spiro atoms. The number of aliphatic hydroxyl groups is 1. The number of β-amino-alcohol motifs (C(OH)–C–C–N with tert-alkyl or cyclic N) is 1. The Bertz CT molecular complexity index is 397. The van der Waals surface area contributed by atoms with Gasteiger partial charge in [0, 0.05) is 27.8 Å². The molecule has 2 N–H and O–H groups in total. The monoisotopic (exact) mass is 318 g/mol. The third kappa shape index (κ3) is 4.06. The number of likely N-dealkylation sites (tertiary alicyclic amines) is 1.